The highest BCUT2D eigenvalue weighted by molar-refractivity contribution is 7.81. The maximum absolute atomic E-state index is 12.6. The van der Waals surface area contributed by atoms with E-state index in [0.717, 1.165) is 12.1 Å². The fourth-order valence-electron chi connectivity index (χ4n) is 2.47. The summed E-state index contributed by atoms with van der Waals surface area (Å²) in [6.45, 7) is 0.0425. The van der Waals surface area contributed by atoms with Crippen LogP contribution in [-0.2, 0) is 23.9 Å². The number of primary amides is 1. The van der Waals surface area contributed by atoms with Crippen LogP contribution >= 0.6 is 12.6 Å². The first kappa shape index (κ1) is 21.6. The molecular formula is C19H19F3N2O3S. The number of rotatable bonds is 7. The Balaban J connectivity index is 2.11. The SMILES string of the molecule is COc1ccc(CC(S)C(N)=O)cc1C(=O)NCc1ccc(C(F)(F)F)cc1. The zero-order chi connectivity index (χ0) is 20.9. The summed E-state index contributed by atoms with van der Waals surface area (Å²) >= 11 is 4.10. The van der Waals surface area contributed by atoms with Crippen molar-refractivity contribution in [2.75, 3.05) is 7.11 Å². The summed E-state index contributed by atoms with van der Waals surface area (Å²) in [5.41, 5.74) is 5.85. The van der Waals surface area contributed by atoms with Gasteiger partial charge in [0, 0.05) is 6.54 Å². The molecule has 0 bridgehead atoms. The molecule has 1 unspecified atom stereocenters. The van der Waals surface area contributed by atoms with Crippen LogP contribution in [0.4, 0.5) is 13.2 Å². The van der Waals surface area contributed by atoms with Gasteiger partial charge in [0.2, 0.25) is 5.91 Å². The van der Waals surface area contributed by atoms with Crippen LogP contribution in [0.1, 0.15) is 27.0 Å². The molecular weight excluding hydrogens is 393 g/mol. The Morgan fingerprint density at radius 2 is 1.75 bits per heavy atom. The predicted octanol–water partition coefficient (Wildman–Crippen LogP) is 2.97. The normalized spacial score (nSPS) is 12.3. The second-order valence-corrected chi connectivity index (χ2v) is 6.66. The van der Waals surface area contributed by atoms with Gasteiger partial charge in [-0.1, -0.05) is 18.2 Å². The Labute approximate surface area is 165 Å². The van der Waals surface area contributed by atoms with E-state index in [0.29, 0.717) is 16.9 Å². The Bertz CT molecular complexity index is 854. The van der Waals surface area contributed by atoms with E-state index in [9.17, 15) is 22.8 Å². The van der Waals surface area contributed by atoms with E-state index in [2.05, 4.69) is 17.9 Å². The largest absolute Gasteiger partial charge is 0.496 e. The minimum atomic E-state index is -4.41. The van der Waals surface area contributed by atoms with Crippen molar-refractivity contribution in [1.82, 2.24) is 5.32 Å². The quantitative estimate of drug-likeness (QED) is 0.612. The Morgan fingerprint density at radius 1 is 1.14 bits per heavy atom. The maximum Gasteiger partial charge on any atom is 0.416 e. The van der Waals surface area contributed by atoms with Gasteiger partial charge >= 0.3 is 6.18 Å². The number of methoxy groups -OCH3 is 1. The van der Waals surface area contributed by atoms with Crippen LogP contribution in [-0.4, -0.2) is 24.2 Å². The number of ether oxygens (including phenoxy) is 1. The highest BCUT2D eigenvalue weighted by Crippen LogP contribution is 2.29. The number of hydrogen-bond acceptors (Lipinski definition) is 4. The lowest BCUT2D eigenvalue weighted by molar-refractivity contribution is -0.137. The first-order chi connectivity index (χ1) is 13.1. The van der Waals surface area contributed by atoms with Gasteiger partial charge in [0.15, 0.2) is 0 Å². The van der Waals surface area contributed by atoms with Crippen LogP contribution in [0.2, 0.25) is 0 Å². The van der Waals surface area contributed by atoms with E-state index < -0.39 is 28.8 Å². The van der Waals surface area contributed by atoms with Crippen molar-refractivity contribution in [2.24, 2.45) is 5.73 Å². The minimum absolute atomic E-state index is 0.0425. The van der Waals surface area contributed by atoms with Crippen molar-refractivity contribution in [3.63, 3.8) is 0 Å². The molecule has 9 heteroatoms. The lowest BCUT2D eigenvalue weighted by atomic mass is 10.0. The van der Waals surface area contributed by atoms with Crippen LogP contribution in [0.25, 0.3) is 0 Å². The van der Waals surface area contributed by atoms with Crippen LogP contribution in [0.3, 0.4) is 0 Å². The average Bonchev–Trinajstić information content (AvgIpc) is 2.65. The van der Waals surface area contributed by atoms with Gasteiger partial charge in [0.25, 0.3) is 5.91 Å². The van der Waals surface area contributed by atoms with E-state index >= 15 is 0 Å². The number of carbonyl (C=O) groups is 2. The van der Waals surface area contributed by atoms with E-state index in [1.807, 2.05) is 0 Å². The van der Waals surface area contributed by atoms with Crippen LogP contribution in [0.5, 0.6) is 5.75 Å². The fraction of sp³-hybridized carbons (Fsp3) is 0.263. The second kappa shape index (κ2) is 9.01. The zero-order valence-electron chi connectivity index (χ0n) is 14.9. The predicted molar refractivity (Wildman–Crippen MR) is 101 cm³/mol. The van der Waals surface area contributed by atoms with E-state index in [1.165, 1.54) is 19.2 Å². The first-order valence-corrected chi connectivity index (χ1v) is 8.72. The number of nitrogens with one attached hydrogen (secondary N) is 1. The fourth-order valence-corrected chi connectivity index (χ4v) is 2.68. The molecule has 0 aromatic heterocycles. The molecule has 0 fully saturated rings. The Hall–Kier alpha value is -2.68. The van der Waals surface area contributed by atoms with Crippen molar-refractivity contribution < 1.29 is 27.5 Å². The summed E-state index contributed by atoms with van der Waals surface area (Å²) < 4.78 is 43.0. The number of alkyl halides is 3. The minimum Gasteiger partial charge on any atom is -0.496 e. The van der Waals surface area contributed by atoms with E-state index in [1.54, 1.807) is 18.2 Å². The van der Waals surface area contributed by atoms with Gasteiger partial charge in [-0.3, -0.25) is 9.59 Å². The molecule has 2 rings (SSSR count). The van der Waals surface area contributed by atoms with Crippen LogP contribution in [0.15, 0.2) is 42.5 Å². The molecule has 0 aliphatic heterocycles. The third kappa shape index (κ3) is 5.66. The summed E-state index contributed by atoms with van der Waals surface area (Å²) in [4.78, 5) is 23.7. The van der Waals surface area contributed by atoms with Crippen molar-refractivity contribution in [3.05, 3.63) is 64.7 Å². The third-order valence-electron chi connectivity index (χ3n) is 4.00. The number of nitrogens with two attached hydrogens (primary N) is 1. The third-order valence-corrected chi connectivity index (χ3v) is 4.44. The van der Waals surface area contributed by atoms with Crippen LogP contribution < -0.4 is 15.8 Å². The molecule has 0 radical (unpaired) electrons. The molecule has 28 heavy (non-hydrogen) atoms. The summed E-state index contributed by atoms with van der Waals surface area (Å²) in [5.74, 6) is -0.718. The smallest absolute Gasteiger partial charge is 0.416 e. The number of thiol groups is 1. The second-order valence-electron chi connectivity index (χ2n) is 6.03. The topological polar surface area (TPSA) is 81.4 Å². The average molecular weight is 412 g/mol. The molecule has 3 N–H and O–H groups in total. The summed E-state index contributed by atoms with van der Waals surface area (Å²) in [7, 11) is 1.41. The molecule has 0 heterocycles. The number of amides is 2. The molecule has 0 aliphatic carbocycles. The van der Waals surface area contributed by atoms with Gasteiger partial charge in [-0.05, 0) is 41.8 Å². The molecule has 1 atom stereocenters. The first-order valence-electron chi connectivity index (χ1n) is 8.20. The Morgan fingerprint density at radius 3 is 2.29 bits per heavy atom. The monoisotopic (exact) mass is 412 g/mol. The molecule has 5 nitrogen and oxygen atoms in total. The van der Waals surface area contributed by atoms with E-state index in [4.69, 9.17) is 10.5 Å². The summed E-state index contributed by atoms with van der Waals surface area (Å²) in [5, 5.41) is 1.94. The van der Waals surface area contributed by atoms with Crippen molar-refractivity contribution in [3.8, 4) is 5.75 Å². The molecule has 2 aromatic rings. The molecule has 0 spiro atoms. The van der Waals surface area contributed by atoms with Gasteiger partial charge in [-0.2, -0.15) is 25.8 Å². The lowest BCUT2D eigenvalue weighted by Gasteiger charge is -2.13. The van der Waals surface area contributed by atoms with Crippen molar-refractivity contribution in [1.29, 1.82) is 0 Å². The summed E-state index contributed by atoms with van der Waals surface area (Å²) in [6, 6.07) is 9.36. The summed E-state index contributed by atoms with van der Waals surface area (Å²) in [6.07, 6.45) is -4.17. The number of benzene rings is 2. The number of carbonyl (C=O) groups excluding carboxylic acids is 2. The Kier molecular flexibility index (Phi) is 6.95. The molecule has 2 amide bonds. The van der Waals surface area contributed by atoms with Gasteiger partial charge < -0.3 is 15.8 Å². The van der Waals surface area contributed by atoms with Gasteiger partial charge in [0.1, 0.15) is 5.75 Å². The van der Waals surface area contributed by atoms with Crippen LogP contribution in [0, 0.1) is 0 Å². The number of halogens is 3. The highest BCUT2D eigenvalue weighted by Gasteiger charge is 2.29. The molecule has 0 aliphatic rings. The van der Waals surface area contributed by atoms with Crippen molar-refractivity contribution in [2.45, 2.75) is 24.4 Å². The molecule has 0 saturated carbocycles. The standard InChI is InChI=1S/C19H19F3N2O3S/c1-27-15-7-4-12(9-16(28)17(23)25)8-14(15)18(26)24-10-11-2-5-13(6-3-11)19(20,21)22/h2-8,16,28H,9-10H2,1H3,(H2,23,25)(H,24,26). The van der Waals surface area contributed by atoms with Gasteiger partial charge in [-0.15, -0.1) is 0 Å². The van der Waals surface area contributed by atoms with Gasteiger partial charge in [0.05, 0.1) is 23.5 Å². The molecule has 0 saturated heterocycles. The van der Waals surface area contributed by atoms with Crippen molar-refractivity contribution >= 4 is 24.4 Å². The zero-order valence-corrected chi connectivity index (χ0v) is 15.8. The van der Waals surface area contributed by atoms with Gasteiger partial charge in [-0.25, -0.2) is 0 Å². The highest BCUT2D eigenvalue weighted by atomic mass is 32.1. The molecule has 2 aromatic carbocycles. The maximum atomic E-state index is 12.6. The lowest BCUT2D eigenvalue weighted by Crippen LogP contribution is -2.26. The number of hydrogen-bond donors (Lipinski definition) is 3. The molecule has 150 valence electrons. The van der Waals surface area contributed by atoms with E-state index in [-0.39, 0.29) is 18.5 Å².